The summed E-state index contributed by atoms with van der Waals surface area (Å²) >= 11 is 0. The second kappa shape index (κ2) is 7.27. The molecule has 9 aromatic rings. The average Bonchev–Trinajstić information content (AvgIpc) is 3.60. The Labute approximate surface area is 236 Å². The lowest BCUT2D eigenvalue weighted by Crippen LogP contribution is -2.29. The molecular formula is C39H26O2. The lowest BCUT2D eigenvalue weighted by atomic mass is 9.62. The summed E-state index contributed by atoms with van der Waals surface area (Å²) in [6, 6.07) is 35.5. The van der Waals surface area contributed by atoms with E-state index in [0.29, 0.717) is 0 Å². The van der Waals surface area contributed by atoms with E-state index in [1.807, 2.05) is 0 Å². The molecule has 0 unspecified atom stereocenters. The second-order valence-corrected chi connectivity index (χ2v) is 11.8. The van der Waals surface area contributed by atoms with Crippen molar-refractivity contribution in [3.8, 4) is 11.1 Å². The monoisotopic (exact) mass is 526 g/mol. The fraction of sp³-hybridized carbons (Fsp3) is 0.128. The molecule has 0 aliphatic heterocycles. The molecule has 0 atom stereocenters. The standard InChI is InChI=1S/C39H26O2/c1-3-39(4-2)28-14-8-5-11-22(28)24-17-18-26-34-32-21(20-29(39)33(24)34)19-27-23-12-6-9-15-30(23)40-38(27)36(32)35-25-13-7-10-16-31(25)41-37(26)35/h5-20H,3-4H2,1-2H3. The molecule has 2 heterocycles. The highest BCUT2D eigenvalue weighted by Crippen LogP contribution is 2.57. The fourth-order valence-electron chi connectivity index (χ4n) is 8.44. The van der Waals surface area contributed by atoms with Crippen LogP contribution in [-0.4, -0.2) is 0 Å². The number of para-hydroxylation sites is 2. The smallest absolute Gasteiger partial charge is 0.144 e. The van der Waals surface area contributed by atoms with Crippen LogP contribution in [0.4, 0.5) is 0 Å². The lowest BCUT2D eigenvalue weighted by Gasteiger charge is -2.40. The van der Waals surface area contributed by atoms with E-state index in [9.17, 15) is 0 Å². The van der Waals surface area contributed by atoms with E-state index in [0.717, 1.165) is 51.3 Å². The highest BCUT2D eigenvalue weighted by molar-refractivity contribution is 6.43. The second-order valence-electron chi connectivity index (χ2n) is 11.8. The molecule has 2 heteroatoms. The molecule has 0 bridgehead atoms. The van der Waals surface area contributed by atoms with E-state index in [-0.39, 0.29) is 5.41 Å². The Balaban J connectivity index is 1.58. The number of furan rings is 2. The molecule has 0 radical (unpaired) electrons. The van der Waals surface area contributed by atoms with E-state index in [2.05, 4.69) is 111 Å². The molecule has 2 aromatic heterocycles. The number of hydrogen-bond acceptors (Lipinski definition) is 2. The maximum atomic E-state index is 6.76. The molecule has 10 rings (SSSR count). The Kier molecular flexibility index (Phi) is 3.89. The first-order chi connectivity index (χ1) is 20.2. The number of hydrogen-bond donors (Lipinski definition) is 0. The highest BCUT2D eigenvalue weighted by atomic mass is 16.3. The minimum atomic E-state index is -0.0574. The van der Waals surface area contributed by atoms with Crippen molar-refractivity contribution in [3.05, 3.63) is 108 Å². The van der Waals surface area contributed by atoms with Gasteiger partial charge in [-0.3, -0.25) is 0 Å². The zero-order valence-corrected chi connectivity index (χ0v) is 23.0. The van der Waals surface area contributed by atoms with Gasteiger partial charge in [-0.1, -0.05) is 80.6 Å². The maximum absolute atomic E-state index is 6.76. The van der Waals surface area contributed by atoms with Crippen LogP contribution >= 0.6 is 0 Å². The first-order valence-corrected chi connectivity index (χ1v) is 14.7. The molecular weight excluding hydrogens is 500 g/mol. The SMILES string of the molecule is CCC1(CC)c2ccccc2-c2ccc3c4oc5ccccc5c4c4c5oc6ccccc6c5cc5cc1c2c3c54. The van der Waals surface area contributed by atoms with Gasteiger partial charge in [-0.25, -0.2) is 0 Å². The molecule has 0 spiro atoms. The normalized spacial score (nSPS) is 14.5. The fourth-order valence-corrected chi connectivity index (χ4v) is 8.44. The first-order valence-electron chi connectivity index (χ1n) is 14.7. The van der Waals surface area contributed by atoms with E-state index in [1.165, 1.54) is 60.0 Å². The molecule has 7 aromatic carbocycles. The Hall–Kier alpha value is -4.82. The molecule has 0 saturated heterocycles. The summed E-state index contributed by atoms with van der Waals surface area (Å²) in [7, 11) is 0. The predicted octanol–water partition coefficient (Wildman–Crippen LogP) is 11.5. The molecule has 2 nitrogen and oxygen atoms in total. The molecule has 0 saturated carbocycles. The molecule has 0 N–H and O–H groups in total. The summed E-state index contributed by atoms with van der Waals surface area (Å²) in [6.45, 7) is 4.71. The minimum absolute atomic E-state index is 0.0574. The number of fused-ring (bicyclic) bond motifs is 11. The minimum Gasteiger partial charge on any atom is -0.455 e. The molecule has 41 heavy (non-hydrogen) atoms. The van der Waals surface area contributed by atoms with Crippen molar-refractivity contribution < 1.29 is 8.83 Å². The number of benzene rings is 7. The van der Waals surface area contributed by atoms with E-state index < -0.39 is 0 Å². The highest BCUT2D eigenvalue weighted by Gasteiger charge is 2.40. The van der Waals surface area contributed by atoms with E-state index in [1.54, 1.807) is 0 Å². The topological polar surface area (TPSA) is 26.3 Å². The van der Waals surface area contributed by atoms with Crippen LogP contribution in [0.3, 0.4) is 0 Å². The third kappa shape index (κ3) is 2.39. The molecule has 194 valence electrons. The van der Waals surface area contributed by atoms with Crippen LogP contribution in [0.15, 0.2) is 106 Å². The van der Waals surface area contributed by atoms with Crippen LogP contribution < -0.4 is 0 Å². The van der Waals surface area contributed by atoms with E-state index in [4.69, 9.17) is 8.83 Å². The zero-order valence-electron chi connectivity index (χ0n) is 23.0. The molecule has 0 fully saturated rings. The quantitative estimate of drug-likeness (QED) is 0.209. The third-order valence-electron chi connectivity index (χ3n) is 10.3. The summed E-state index contributed by atoms with van der Waals surface area (Å²) < 4.78 is 13.5. The van der Waals surface area contributed by atoms with Crippen molar-refractivity contribution in [1.29, 1.82) is 0 Å². The van der Waals surface area contributed by atoms with Gasteiger partial charge in [0, 0.05) is 48.5 Å². The summed E-state index contributed by atoms with van der Waals surface area (Å²) in [5.74, 6) is 0. The average molecular weight is 527 g/mol. The lowest BCUT2D eigenvalue weighted by molar-refractivity contribution is 0.482. The maximum Gasteiger partial charge on any atom is 0.144 e. The third-order valence-corrected chi connectivity index (χ3v) is 10.3. The van der Waals surface area contributed by atoms with Crippen molar-refractivity contribution in [1.82, 2.24) is 0 Å². The van der Waals surface area contributed by atoms with Crippen molar-refractivity contribution in [2.45, 2.75) is 32.1 Å². The molecule has 1 aliphatic rings. The predicted molar refractivity (Wildman–Crippen MR) is 171 cm³/mol. The largest absolute Gasteiger partial charge is 0.455 e. The summed E-state index contributed by atoms with van der Waals surface area (Å²) in [5.41, 5.74) is 9.25. The Morgan fingerprint density at radius 1 is 0.488 bits per heavy atom. The van der Waals surface area contributed by atoms with Crippen molar-refractivity contribution in [2.75, 3.05) is 0 Å². The van der Waals surface area contributed by atoms with Gasteiger partial charge in [-0.05, 0) is 76.2 Å². The van der Waals surface area contributed by atoms with Gasteiger partial charge < -0.3 is 8.83 Å². The molecule has 1 aliphatic carbocycles. The van der Waals surface area contributed by atoms with Gasteiger partial charge in [0.1, 0.15) is 22.3 Å². The first kappa shape index (κ1) is 21.9. The summed E-state index contributed by atoms with van der Waals surface area (Å²) in [4.78, 5) is 0. The van der Waals surface area contributed by atoms with Gasteiger partial charge in [-0.15, -0.1) is 0 Å². The van der Waals surface area contributed by atoms with Crippen LogP contribution in [0, 0.1) is 0 Å². The Morgan fingerprint density at radius 3 is 1.98 bits per heavy atom. The van der Waals surface area contributed by atoms with Crippen LogP contribution in [0.2, 0.25) is 0 Å². The van der Waals surface area contributed by atoms with Crippen LogP contribution in [0.1, 0.15) is 37.8 Å². The Bertz CT molecular complexity index is 2550. The van der Waals surface area contributed by atoms with Gasteiger partial charge in [0.15, 0.2) is 0 Å². The van der Waals surface area contributed by atoms with Crippen molar-refractivity contribution >= 4 is 76.2 Å². The van der Waals surface area contributed by atoms with E-state index >= 15 is 0 Å². The van der Waals surface area contributed by atoms with Crippen LogP contribution in [-0.2, 0) is 5.41 Å². The summed E-state index contributed by atoms with van der Waals surface area (Å²) in [6.07, 6.45) is 2.09. The zero-order chi connectivity index (χ0) is 27.0. The van der Waals surface area contributed by atoms with Gasteiger partial charge in [0.25, 0.3) is 0 Å². The summed E-state index contributed by atoms with van der Waals surface area (Å²) in [5, 5.41) is 12.2. The van der Waals surface area contributed by atoms with Gasteiger partial charge in [0.05, 0.1) is 0 Å². The van der Waals surface area contributed by atoms with Gasteiger partial charge in [0.2, 0.25) is 0 Å². The number of rotatable bonds is 2. The van der Waals surface area contributed by atoms with Crippen LogP contribution in [0.25, 0.3) is 87.3 Å². The Morgan fingerprint density at radius 2 is 1.17 bits per heavy atom. The molecule has 0 amide bonds. The van der Waals surface area contributed by atoms with Crippen molar-refractivity contribution in [3.63, 3.8) is 0 Å². The van der Waals surface area contributed by atoms with Crippen molar-refractivity contribution in [2.24, 2.45) is 0 Å². The van der Waals surface area contributed by atoms with Gasteiger partial charge in [-0.2, -0.15) is 0 Å². The van der Waals surface area contributed by atoms with Crippen LogP contribution in [0.5, 0.6) is 0 Å². The van der Waals surface area contributed by atoms with Gasteiger partial charge >= 0.3 is 0 Å².